The van der Waals surface area contributed by atoms with Crippen LogP contribution in [0.4, 0.5) is 10.1 Å². The van der Waals surface area contributed by atoms with Crippen LogP contribution in [-0.4, -0.2) is 38.5 Å². The molecule has 18 heavy (non-hydrogen) atoms. The molecule has 1 unspecified atom stereocenters. The maximum atomic E-state index is 13.2. The lowest BCUT2D eigenvalue weighted by molar-refractivity contribution is 0.0695. The fourth-order valence-electron chi connectivity index (χ4n) is 1.90. The molecule has 4 nitrogen and oxygen atoms in total. The summed E-state index contributed by atoms with van der Waals surface area (Å²) in [5.74, 6) is -0.308. The monoisotopic (exact) mass is 256 g/mol. The van der Waals surface area contributed by atoms with Gasteiger partial charge in [-0.25, -0.2) is 4.39 Å². The van der Waals surface area contributed by atoms with Gasteiger partial charge in [0.1, 0.15) is 5.82 Å². The van der Waals surface area contributed by atoms with Gasteiger partial charge in [0.05, 0.1) is 12.7 Å². The molecule has 1 rings (SSSR count). The average molecular weight is 256 g/mol. The van der Waals surface area contributed by atoms with E-state index in [1.807, 2.05) is 11.9 Å². The number of likely N-dealkylation sites (N-methyl/N-ethyl adjacent to an activating group) is 1. The lowest BCUT2D eigenvalue weighted by Crippen LogP contribution is -2.32. The number of rotatable bonds is 6. The summed E-state index contributed by atoms with van der Waals surface area (Å²) in [6.07, 6.45) is -0.592. The molecule has 0 saturated heterocycles. The van der Waals surface area contributed by atoms with Crippen LogP contribution in [0, 0.1) is 5.82 Å². The molecule has 1 aromatic rings. The zero-order valence-electron chi connectivity index (χ0n) is 11.1. The van der Waals surface area contributed by atoms with Crippen molar-refractivity contribution in [3.05, 3.63) is 29.6 Å². The van der Waals surface area contributed by atoms with Gasteiger partial charge in [0, 0.05) is 32.4 Å². The summed E-state index contributed by atoms with van der Waals surface area (Å²) in [6.45, 7) is 2.47. The molecule has 0 aliphatic rings. The topological polar surface area (TPSA) is 58.7 Å². The quantitative estimate of drug-likeness (QED) is 0.805. The number of halogens is 1. The van der Waals surface area contributed by atoms with E-state index in [2.05, 4.69) is 0 Å². The van der Waals surface area contributed by atoms with Crippen LogP contribution in [0.5, 0.6) is 0 Å². The minimum Gasteiger partial charge on any atom is -0.389 e. The third-order valence-corrected chi connectivity index (χ3v) is 2.74. The van der Waals surface area contributed by atoms with Gasteiger partial charge in [-0.15, -0.1) is 0 Å². The predicted molar refractivity (Wildman–Crippen MR) is 70.2 cm³/mol. The van der Waals surface area contributed by atoms with Crippen LogP contribution in [0.1, 0.15) is 18.5 Å². The van der Waals surface area contributed by atoms with Crippen LogP contribution < -0.4 is 10.6 Å². The Morgan fingerprint density at radius 3 is 2.72 bits per heavy atom. The minimum absolute atomic E-state index is 0.263. The maximum Gasteiger partial charge on any atom is 0.123 e. The van der Waals surface area contributed by atoms with E-state index in [-0.39, 0.29) is 18.5 Å². The summed E-state index contributed by atoms with van der Waals surface area (Å²) in [5, 5.41) is 9.69. The predicted octanol–water partition coefficient (Wildman–Crippen LogP) is 1.29. The third kappa shape index (κ3) is 3.94. The number of benzene rings is 1. The van der Waals surface area contributed by atoms with Crippen molar-refractivity contribution in [2.24, 2.45) is 5.73 Å². The van der Waals surface area contributed by atoms with Gasteiger partial charge in [-0.3, -0.25) is 0 Å². The highest BCUT2D eigenvalue weighted by Crippen LogP contribution is 2.25. The Labute approximate surface area is 107 Å². The molecule has 0 spiro atoms. The molecule has 0 bridgehead atoms. The standard InChI is InChI=1S/C13H21FN2O2/c1-9(15)12-6-10(14)4-5-13(12)16(2)7-11(17)8-18-3/h4-6,9,11,17H,7-8,15H2,1-3H3/t9-,11?/m0/s1. The first-order valence-electron chi connectivity index (χ1n) is 5.89. The highest BCUT2D eigenvalue weighted by atomic mass is 19.1. The molecule has 2 atom stereocenters. The first-order valence-corrected chi connectivity index (χ1v) is 5.89. The van der Waals surface area contributed by atoms with Gasteiger partial charge >= 0.3 is 0 Å². The molecule has 0 aliphatic heterocycles. The number of anilines is 1. The van der Waals surface area contributed by atoms with Crippen molar-refractivity contribution in [3.8, 4) is 0 Å². The minimum atomic E-state index is -0.592. The second-order valence-corrected chi connectivity index (χ2v) is 4.48. The number of hydrogen-bond donors (Lipinski definition) is 2. The van der Waals surface area contributed by atoms with Crippen LogP contribution in [-0.2, 0) is 4.74 Å². The lowest BCUT2D eigenvalue weighted by Gasteiger charge is -2.26. The summed E-state index contributed by atoms with van der Waals surface area (Å²) < 4.78 is 18.1. The summed E-state index contributed by atoms with van der Waals surface area (Å²) >= 11 is 0. The van der Waals surface area contributed by atoms with Crippen molar-refractivity contribution in [2.75, 3.05) is 32.2 Å². The van der Waals surface area contributed by atoms with Crippen molar-refractivity contribution in [2.45, 2.75) is 19.1 Å². The van der Waals surface area contributed by atoms with E-state index in [0.717, 1.165) is 11.3 Å². The molecule has 1 aromatic carbocycles. The SMILES string of the molecule is COCC(O)CN(C)c1ccc(F)cc1[C@H](C)N. The number of nitrogens with two attached hydrogens (primary N) is 1. The summed E-state index contributed by atoms with van der Waals surface area (Å²) in [6, 6.07) is 4.23. The highest BCUT2D eigenvalue weighted by molar-refractivity contribution is 5.54. The molecule has 0 aliphatic carbocycles. The van der Waals surface area contributed by atoms with E-state index in [1.165, 1.54) is 19.2 Å². The Bertz CT molecular complexity index is 385. The van der Waals surface area contributed by atoms with E-state index < -0.39 is 6.10 Å². The largest absolute Gasteiger partial charge is 0.389 e. The number of aliphatic hydroxyl groups excluding tert-OH is 1. The molecule has 5 heteroatoms. The Hall–Kier alpha value is -1.17. The summed E-state index contributed by atoms with van der Waals surface area (Å²) in [7, 11) is 3.37. The Morgan fingerprint density at radius 2 is 2.17 bits per heavy atom. The molecule has 0 aromatic heterocycles. The second-order valence-electron chi connectivity index (χ2n) is 4.48. The summed E-state index contributed by atoms with van der Waals surface area (Å²) in [5.41, 5.74) is 7.38. The molecular formula is C13H21FN2O2. The van der Waals surface area contributed by atoms with Gasteiger partial charge in [0.2, 0.25) is 0 Å². The molecule has 102 valence electrons. The third-order valence-electron chi connectivity index (χ3n) is 2.74. The van der Waals surface area contributed by atoms with Gasteiger partial charge in [0.15, 0.2) is 0 Å². The fraction of sp³-hybridized carbons (Fsp3) is 0.538. The van der Waals surface area contributed by atoms with Crippen molar-refractivity contribution in [1.29, 1.82) is 0 Å². The first-order chi connectivity index (χ1) is 8.45. The Morgan fingerprint density at radius 1 is 1.50 bits per heavy atom. The van der Waals surface area contributed by atoms with Crippen LogP contribution in [0.25, 0.3) is 0 Å². The normalized spacial score (nSPS) is 14.3. The Kier molecular flexibility index (Phi) is 5.53. The molecule has 0 fully saturated rings. The van der Waals surface area contributed by atoms with Gasteiger partial charge < -0.3 is 20.5 Å². The molecule has 0 saturated carbocycles. The fourth-order valence-corrected chi connectivity index (χ4v) is 1.90. The first kappa shape index (κ1) is 14.9. The van der Waals surface area contributed by atoms with E-state index in [1.54, 1.807) is 13.0 Å². The molecule has 0 radical (unpaired) electrons. The second kappa shape index (κ2) is 6.68. The van der Waals surface area contributed by atoms with Crippen LogP contribution in [0.3, 0.4) is 0 Å². The number of ether oxygens (including phenoxy) is 1. The van der Waals surface area contributed by atoms with Crippen molar-refractivity contribution in [3.63, 3.8) is 0 Å². The van der Waals surface area contributed by atoms with Gasteiger partial charge in [-0.05, 0) is 30.7 Å². The van der Waals surface area contributed by atoms with Crippen molar-refractivity contribution in [1.82, 2.24) is 0 Å². The lowest BCUT2D eigenvalue weighted by atomic mass is 10.1. The average Bonchev–Trinajstić information content (AvgIpc) is 2.28. The molecule has 3 N–H and O–H groups in total. The van der Waals surface area contributed by atoms with Crippen LogP contribution in [0.15, 0.2) is 18.2 Å². The van der Waals surface area contributed by atoms with Crippen LogP contribution >= 0.6 is 0 Å². The highest BCUT2D eigenvalue weighted by Gasteiger charge is 2.14. The maximum absolute atomic E-state index is 13.2. The number of hydrogen-bond acceptors (Lipinski definition) is 4. The molecule has 0 amide bonds. The van der Waals surface area contributed by atoms with Gasteiger partial charge in [-0.1, -0.05) is 0 Å². The van der Waals surface area contributed by atoms with E-state index in [9.17, 15) is 9.50 Å². The number of aliphatic hydroxyl groups is 1. The Balaban J connectivity index is 2.87. The van der Waals surface area contributed by atoms with E-state index in [4.69, 9.17) is 10.5 Å². The zero-order valence-corrected chi connectivity index (χ0v) is 11.1. The van der Waals surface area contributed by atoms with E-state index >= 15 is 0 Å². The smallest absolute Gasteiger partial charge is 0.123 e. The zero-order chi connectivity index (χ0) is 13.7. The van der Waals surface area contributed by atoms with Crippen molar-refractivity contribution < 1.29 is 14.2 Å². The number of methoxy groups -OCH3 is 1. The van der Waals surface area contributed by atoms with Crippen LogP contribution in [0.2, 0.25) is 0 Å². The van der Waals surface area contributed by atoms with Gasteiger partial charge in [0.25, 0.3) is 0 Å². The van der Waals surface area contributed by atoms with Gasteiger partial charge in [-0.2, -0.15) is 0 Å². The summed E-state index contributed by atoms with van der Waals surface area (Å²) in [4.78, 5) is 1.85. The van der Waals surface area contributed by atoms with Crippen molar-refractivity contribution >= 4 is 5.69 Å². The number of nitrogens with zero attached hydrogens (tertiary/aromatic N) is 1. The molecular weight excluding hydrogens is 235 g/mol. The molecule has 0 heterocycles. The van der Waals surface area contributed by atoms with E-state index in [0.29, 0.717) is 6.54 Å².